The van der Waals surface area contributed by atoms with Crippen LogP contribution in [0.1, 0.15) is 16.9 Å². The molecule has 4 amide bonds. The number of carbonyl (C=O) groups is 3. The average molecular weight is 428 g/mol. The van der Waals surface area contributed by atoms with Gasteiger partial charge in [-0.15, -0.1) is 0 Å². The van der Waals surface area contributed by atoms with Crippen LogP contribution in [0.4, 0.5) is 10.5 Å². The van der Waals surface area contributed by atoms with Gasteiger partial charge in [0, 0.05) is 31.9 Å². The highest BCUT2D eigenvalue weighted by Gasteiger charge is 2.21. The molecule has 166 valence electrons. The lowest BCUT2D eigenvalue weighted by molar-refractivity contribution is -0.122. The van der Waals surface area contributed by atoms with Crippen molar-refractivity contribution in [1.82, 2.24) is 20.4 Å². The number of nitrogens with zero attached hydrogens (tertiary/aromatic N) is 2. The first-order chi connectivity index (χ1) is 14.9. The summed E-state index contributed by atoms with van der Waals surface area (Å²) in [6.07, 6.45) is 1.52. The summed E-state index contributed by atoms with van der Waals surface area (Å²) in [5, 5.41) is 7.87. The van der Waals surface area contributed by atoms with Gasteiger partial charge < -0.3 is 15.1 Å². The summed E-state index contributed by atoms with van der Waals surface area (Å²) in [7, 11) is 0. The normalized spacial score (nSPS) is 14.8. The Balaban J connectivity index is 1.34. The van der Waals surface area contributed by atoms with Crippen molar-refractivity contribution in [1.29, 1.82) is 0 Å². The van der Waals surface area contributed by atoms with Gasteiger partial charge in [0.2, 0.25) is 11.8 Å². The maximum atomic E-state index is 12.4. The largest absolute Gasteiger partial charge is 0.467 e. The average Bonchev–Trinajstić information content (AvgIpc) is 3.25. The summed E-state index contributed by atoms with van der Waals surface area (Å²) in [5.74, 6) is 0.200. The molecule has 0 saturated carbocycles. The lowest BCUT2D eigenvalue weighted by atomic mass is 10.1. The van der Waals surface area contributed by atoms with E-state index in [4.69, 9.17) is 4.42 Å². The molecule has 1 aromatic carbocycles. The van der Waals surface area contributed by atoms with Crippen LogP contribution in [-0.4, -0.2) is 66.9 Å². The van der Waals surface area contributed by atoms with Crippen LogP contribution in [0.2, 0.25) is 0 Å². The number of aryl methyl sites for hydroxylation is 1. The highest BCUT2D eigenvalue weighted by molar-refractivity contribution is 5.95. The minimum Gasteiger partial charge on any atom is -0.467 e. The Morgan fingerprint density at radius 2 is 1.61 bits per heavy atom. The molecule has 3 rings (SSSR count). The molecule has 0 aliphatic carbocycles. The molecule has 2 aromatic rings. The van der Waals surface area contributed by atoms with Crippen LogP contribution in [0.3, 0.4) is 0 Å². The number of amides is 4. The first-order valence-electron chi connectivity index (χ1n) is 10.3. The van der Waals surface area contributed by atoms with Gasteiger partial charge >= 0.3 is 6.03 Å². The van der Waals surface area contributed by atoms with Crippen molar-refractivity contribution in [3.63, 3.8) is 0 Å². The maximum Gasteiger partial charge on any atom is 0.321 e. The zero-order chi connectivity index (χ0) is 22.2. The zero-order valence-electron chi connectivity index (χ0n) is 17.9. The van der Waals surface area contributed by atoms with E-state index in [0.717, 1.165) is 16.8 Å². The number of carbonyl (C=O) groups excluding carboxylic acids is 3. The molecule has 2 heterocycles. The molecule has 1 aromatic heterocycles. The Kier molecular flexibility index (Phi) is 7.80. The van der Waals surface area contributed by atoms with Crippen molar-refractivity contribution in [3.8, 4) is 0 Å². The van der Waals surface area contributed by atoms with Crippen LogP contribution in [-0.2, 0) is 16.1 Å². The molecule has 1 saturated heterocycles. The van der Waals surface area contributed by atoms with E-state index in [1.165, 1.54) is 6.26 Å². The topological polar surface area (TPSA) is 107 Å². The molecule has 1 aliphatic heterocycles. The summed E-state index contributed by atoms with van der Waals surface area (Å²) in [6.45, 7) is 7.33. The number of furan rings is 1. The standard InChI is InChI=1S/C22H29N5O4/c1-16-5-3-7-19(17(16)2)24-20(28)14-26-8-10-27(11-9-26)15-21(29)25-22(30)23-13-18-6-4-12-31-18/h3-7,12H,8-11,13-15H2,1-2H3,(H,24,28)(H2,23,25,29,30). The number of hydrogen-bond donors (Lipinski definition) is 3. The van der Waals surface area contributed by atoms with Crippen molar-refractivity contribution < 1.29 is 18.8 Å². The van der Waals surface area contributed by atoms with Crippen molar-refractivity contribution in [3.05, 3.63) is 53.5 Å². The first kappa shape index (κ1) is 22.5. The monoisotopic (exact) mass is 427 g/mol. The molecule has 3 N–H and O–H groups in total. The van der Waals surface area contributed by atoms with Gasteiger partial charge in [-0.3, -0.25) is 24.7 Å². The van der Waals surface area contributed by atoms with E-state index in [2.05, 4.69) is 20.9 Å². The van der Waals surface area contributed by atoms with Gasteiger partial charge in [-0.1, -0.05) is 12.1 Å². The maximum absolute atomic E-state index is 12.4. The van der Waals surface area contributed by atoms with E-state index in [9.17, 15) is 14.4 Å². The molecular formula is C22H29N5O4. The highest BCUT2D eigenvalue weighted by Crippen LogP contribution is 2.17. The summed E-state index contributed by atoms with van der Waals surface area (Å²) < 4.78 is 5.12. The molecule has 9 heteroatoms. The predicted molar refractivity (Wildman–Crippen MR) is 117 cm³/mol. The van der Waals surface area contributed by atoms with Crippen LogP contribution in [0.25, 0.3) is 0 Å². The molecule has 1 aliphatic rings. The quantitative estimate of drug-likeness (QED) is 0.618. The van der Waals surface area contributed by atoms with Crippen molar-refractivity contribution >= 4 is 23.5 Å². The molecule has 0 spiro atoms. The fourth-order valence-electron chi connectivity index (χ4n) is 3.38. The molecule has 31 heavy (non-hydrogen) atoms. The van der Waals surface area contributed by atoms with Gasteiger partial charge in [0.25, 0.3) is 0 Å². The Morgan fingerprint density at radius 1 is 0.935 bits per heavy atom. The predicted octanol–water partition coefficient (Wildman–Crippen LogP) is 1.48. The molecule has 9 nitrogen and oxygen atoms in total. The van der Waals surface area contributed by atoms with Crippen molar-refractivity contribution in [2.24, 2.45) is 0 Å². The van der Waals surface area contributed by atoms with Gasteiger partial charge in [0.15, 0.2) is 0 Å². The second-order valence-corrected chi connectivity index (χ2v) is 7.66. The van der Waals surface area contributed by atoms with Gasteiger partial charge in [0.05, 0.1) is 25.9 Å². The lowest BCUT2D eigenvalue weighted by Gasteiger charge is -2.33. The third-order valence-electron chi connectivity index (χ3n) is 5.33. The third-order valence-corrected chi connectivity index (χ3v) is 5.33. The summed E-state index contributed by atoms with van der Waals surface area (Å²) in [6, 6.07) is 8.77. The number of nitrogens with one attached hydrogen (secondary N) is 3. The molecule has 0 atom stereocenters. The number of hydrogen-bond acceptors (Lipinski definition) is 6. The molecule has 0 unspecified atom stereocenters. The van der Waals surface area contributed by atoms with Crippen molar-refractivity contribution in [2.75, 3.05) is 44.6 Å². The van der Waals surface area contributed by atoms with Gasteiger partial charge in [-0.2, -0.15) is 0 Å². The van der Waals surface area contributed by atoms with Crippen LogP contribution in [0.5, 0.6) is 0 Å². The van der Waals surface area contributed by atoms with E-state index in [-0.39, 0.29) is 24.9 Å². The number of rotatable bonds is 7. The molecule has 0 radical (unpaired) electrons. The molecule has 0 bridgehead atoms. The number of anilines is 1. The van der Waals surface area contributed by atoms with E-state index in [1.807, 2.05) is 36.9 Å². The molecular weight excluding hydrogens is 398 g/mol. The van der Waals surface area contributed by atoms with Crippen molar-refractivity contribution in [2.45, 2.75) is 20.4 Å². The smallest absolute Gasteiger partial charge is 0.321 e. The van der Waals surface area contributed by atoms with E-state index in [1.54, 1.807) is 12.1 Å². The Labute approximate surface area is 181 Å². The minimum atomic E-state index is -0.553. The first-order valence-corrected chi connectivity index (χ1v) is 10.3. The van der Waals surface area contributed by atoms with Gasteiger partial charge in [-0.05, 0) is 43.2 Å². The van der Waals surface area contributed by atoms with Crippen LogP contribution in [0, 0.1) is 13.8 Å². The second-order valence-electron chi connectivity index (χ2n) is 7.66. The Morgan fingerprint density at radius 3 is 2.26 bits per heavy atom. The SMILES string of the molecule is Cc1cccc(NC(=O)CN2CCN(CC(=O)NC(=O)NCc3ccco3)CC2)c1C. The minimum absolute atomic E-state index is 0.0480. The number of imide groups is 1. The van der Waals surface area contributed by atoms with Gasteiger partial charge in [-0.25, -0.2) is 4.79 Å². The van der Waals surface area contributed by atoms with Gasteiger partial charge in [0.1, 0.15) is 5.76 Å². The summed E-state index contributed by atoms with van der Waals surface area (Å²) >= 11 is 0. The number of benzene rings is 1. The lowest BCUT2D eigenvalue weighted by Crippen LogP contribution is -2.52. The summed E-state index contributed by atoms with van der Waals surface area (Å²) in [5.41, 5.74) is 3.05. The van der Waals surface area contributed by atoms with Crippen LogP contribution in [0.15, 0.2) is 41.0 Å². The Hall–Kier alpha value is -3.17. The van der Waals surface area contributed by atoms with Crippen LogP contribution >= 0.6 is 0 Å². The number of urea groups is 1. The zero-order valence-corrected chi connectivity index (χ0v) is 17.9. The molecule has 1 fully saturated rings. The van der Waals surface area contributed by atoms with E-state index < -0.39 is 6.03 Å². The number of piperazine rings is 1. The summed E-state index contributed by atoms with van der Waals surface area (Å²) in [4.78, 5) is 40.3. The van der Waals surface area contributed by atoms with Crippen LogP contribution < -0.4 is 16.0 Å². The van der Waals surface area contributed by atoms with E-state index in [0.29, 0.717) is 38.5 Å². The van der Waals surface area contributed by atoms with E-state index >= 15 is 0 Å². The highest BCUT2D eigenvalue weighted by atomic mass is 16.3. The fourth-order valence-corrected chi connectivity index (χ4v) is 3.38. The Bertz CT molecular complexity index is 905. The fraction of sp³-hybridized carbons (Fsp3) is 0.409. The second kappa shape index (κ2) is 10.7. The third kappa shape index (κ3) is 6.94.